The second kappa shape index (κ2) is 12.7. The molecule has 0 spiro atoms. The Bertz CT molecular complexity index is 1130. The Morgan fingerprint density at radius 2 is 1.97 bits per heavy atom. The lowest BCUT2D eigenvalue weighted by atomic mass is 9.92. The molecule has 3 rings (SSSR count). The second-order valence-electron chi connectivity index (χ2n) is 7.54. The zero-order valence-corrected chi connectivity index (χ0v) is 20.4. The van der Waals surface area contributed by atoms with Crippen LogP contribution in [-0.2, 0) is 20.0 Å². The molecule has 0 fully saturated rings. The van der Waals surface area contributed by atoms with Crippen LogP contribution in [0, 0.1) is 22.7 Å². The third-order valence-corrected chi connectivity index (χ3v) is 6.32. The fourth-order valence-electron chi connectivity index (χ4n) is 3.55. The fraction of sp³-hybridized carbons (Fsp3) is 0.346. The third-order valence-electron chi connectivity index (χ3n) is 5.28. The molecule has 1 N–H and O–H groups in total. The number of hydrogen-bond acceptors (Lipinski definition) is 8. The van der Waals surface area contributed by atoms with Crippen LogP contribution in [0.1, 0.15) is 48.4 Å². The van der Waals surface area contributed by atoms with Gasteiger partial charge in [-0.05, 0) is 11.6 Å². The first-order chi connectivity index (χ1) is 16.6. The molecule has 1 aliphatic heterocycles. The smallest absolute Gasteiger partial charge is 0.230 e. The number of aromatic nitrogens is 1. The number of hydrogen-bond donors (Lipinski definition) is 1. The summed E-state index contributed by atoms with van der Waals surface area (Å²) >= 11 is 1.48. The molecule has 1 aromatic heterocycles. The van der Waals surface area contributed by atoms with Gasteiger partial charge >= 0.3 is 0 Å². The summed E-state index contributed by atoms with van der Waals surface area (Å²) in [6.07, 6.45) is 4.51. The molecule has 176 valence electrons. The molecule has 0 amide bonds. The molecule has 1 aliphatic rings. The van der Waals surface area contributed by atoms with Gasteiger partial charge in [0, 0.05) is 37.3 Å². The van der Waals surface area contributed by atoms with Crippen LogP contribution < -0.4 is 5.32 Å². The Balaban J connectivity index is 2.02. The summed E-state index contributed by atoms with van der Waals surface area (Å²) in [5.74, 6) is 2.35. The maximum atomic E-state index is 10.1. The SMILES string of the molecule is CCC1=C(/C=C\C(C)c2c(C#N)c(NCCOC)nc(SCc3ccccc3)c2C#N)OCO1. The minimum absolute atomic E-state index is 0.202. The normalized spacial score (nSPS) is 13.8. The minimum Gasteiger partial charge on any atom is -0.458 e. The van der Waals surface area contributed by atoms with Crippen molar-refractivity contribution in [3.63, 3.8) is 0 Å². The van der Waals surface area contributed by atoms with Crippen molar-refractivity contribution in [2.24, 2.45) is 0 Å². The van der Waals surface area contributed by atoms with Gasteiger partial charge in [-0.2, -0.15) is 10.5 Å². The summed E-state index contributed by atoms with van der Waals surface area (Å²) in [6.45, 7) is 5.12. The molecule has 0 radical (unpaired) electrons. The van der Waals surface area contributed by atoms with Gasteiger partial charge in [-0.25, -0.2) is 4.98 Å². The lowest BCUT2D eigenvalue weighted by Crippen LogP contribution is -2.14. The first kappa shape index (κ1) is 25.2. The third kappa shape index (κ3) is 6.11. The van der Waals surface area contributed by atoms with E-state index in [1.807, 2.05) is 56.3 Å². The van der Waals surface area contributed by atoms with Gasteiger partial charge in [-0.1, -0.05) is 50.3 Å². The van der Waals surface area contributed by atoms with Gasteiger partial charge in [0.1, 0.15) is 28.7 Å². The number of methoxy groups -OCH3 is 1. The van der Waals surface area contributed by atoms with Crippen molar-refractivity contribution < 1.29 is 14.2 Å². The number of anilines is 1. The fourth-order valence-corrected chi connectivity index (χ4v) is 4.50. The number of pyridine rings is 1. The summed E-state index contributed by atoms with van der Waals surface area (Å²) in [5.41, 5.74) is 2.55. The van der Waals surface area contributed by atoms with Crippen LogP contribution in [0.2, 0.25) is 0 Å². The zero-order valence-electron chi connectivity index (χ0n) is 19.6. The maximum Gasteiger partial charge on any atom is 0.230 e. The molecule has 2 heterocycles. The van der Waals surface area contributed by atoms with Crippen molar-refractivity contribution in [2.75, 3.05) is 32.4 Å². The molecule has 0 saturated carbocycles. The molecular formula is C26H28N4O3S. The average Bonchev–Trinajstić information content (AvgIpc) is 3.33. The number of benzene rings is 1. The molecule has 0 bridgehead atoms. The average molecular weight is 477 g/mol. The summed E-state index contributed by atoms with van der Waals surface area (Å²) in [4.78, 5) is 4.68. The topological polar surface area (TPSA) is 100 Å². The van der Waals surface area contributed by atoms with Gasteiger partial charge in [0.05, 0.1) is 17.7 Å². The summed E-state index contributed by atoms with van der Waals surface area (Å²) in [5, 5.41) is 23.9. The maximum absolute atomic E-state index is 10.1. The van der Waals surface area contributed by atoms with Gasteiger partial charge in [-0.15, -0.1) is 11.8 Å². The molecular weight excluding hydrogens is 448 g/mol. The Kier molecular flexibility index (Phi) is 9.40. The van der Waals surface area contributed by atoms with E-state index in [-0.39, 0.29) is 12.7 Å². The Hall–Kier alpha value is -3.46. The van der Waals surface area contributed by atoms with Crippen LogP contribution in [-0.4, -0.2) is 32.0 Å². The van der Waals surface area contributed by atoms with E-state index in [4.69, 9.17) is 14.2 Å². The molecule has 1 atom stereocenters. The van der Waals surface area contributed by atoms with Gasteiger partial charge in [0.25, 0.3) is 0 Å². The van der Waals surface area contributed by atoms with E-state index in [0.717, 1.165) is 17.7 Å². The van der Waals surface area contributed by atoms with Crippen molar-refractivity contribution in [1.82, 2.24) is 4.98 Å². The predicted octanol–water partition coefficient (Wildman–Crippen LogP) is 5.46. The quantitative estimate of drug-likeness (QED) is 0.337. The van der Waals surface area contributed by atoms with Crippen molar-refractivity contribution >= 4 is 17.6 Å². The number of nitriles is 2. The van der Waals surface area contributed by atoms with E-state index >= 15 is 0 Å². The molecule has 34 heavy (non-hydrogen) atoms. The van der Waals surface area contributed by atoms with Crippen LogP contribution in [0.3, 0.4) is 0 Å². The van der Waals surface area contributed by atoms with E-state index in [2.05, 4.69) is 22.4 Å². The number of thioether (sulfide) groups is 1. The van der Waals surface area contributed by atoms with Crippen LogP contribution >= 0.6 is 11.8 Å². The molecule has 1 unspecified atom stereocenters. The van der Waals surface area contributed by atoms with Crippen molar-refractivity contribution in [1.29, 1.82) is 10.5 Å². The number of nitrogens with zero attached hydrogens (tertiary/aromatic N) is 3. The van der Waals surface area contributed by atoms with Crippen LogP contribution in [0.5, 0.6) is 0 Å². The van der Waals surface area contributed by atoms with Crippen LogP contribution in [0.15, 0.2) is 59.0 Å². The highest BCUT2D eigenvalue weighted by Crippen LogP contribution is 2.36. The van der Waals surface area contributed by atoms with E-state index in [1.165, 1.54) is 11.8 Å². The lowest BCUT2D eigenvalue weighted by Gasteiger charge is -2.18. The lowest BCUT2D eigenvalue weighted by molar-refractivity contribution is 0.0725. The first-order valence-electron chi connectivity index (χ1n) is 11.1. The van der Waals surface area contributed by atoms with E-state index in [9.17, 15) is 10.5 Å². The van der Waals surface area contributed by atoms with Crippen LogP contribution in [0.4, 0.5) is 5.82 Å². The number of rotatable bonds is 11. The van der Waals surface area contributed by atoms with Gasteiger partial charge in [-0.3, -0.25) is 0 Å². The van der Waals surface area contributed by atoms with Gasteiger partial charge in [0.2, 0.25) is 6.79 Å². The van der Waals surface area contributed by atoms with Crippen molar-refractivity contribution in [3.05, 3.63) is 76.3 Å². The highest BCUT2D eigenvalue weighted by Gasteiger charge is 2.24. The summed E-state index contributed by atoms with van der Waals surface area (Å²) in [6, 6.07) is 14.6. The van der Waals surface area contributed by atoms with Gasteiger partial charge < -0.3 is 19.5 Å². The zero-order chi connectivity index (χ0) is 24.3. The first-order valence-corrected chi connectivity index (χ1v) is 12.1. The molecule has 0 saturated heterocycles. The predicted molar refractivity (Wildman–Crippen MR) is 132 cm³/mol. The number of ether oxygens (including phenoxy) is 3. The number of nitrogens with one attached hydrogen (secondary N) is 1. The second-order valence-corrected chi connectivity index (χ2v) is 8.51. The Labute approximate surface area is 205 Å². The molecule has 2 aromatic rings. The van der Waals surface area contributed by atoms with E-state index in [1.54, 1.807) is 7.11 Å². The van der Waals surface area contributed by atoms with E-state index < -0.39 is 0 Å². The highest BCUT2D eigenvalue weighted by atomic mass is 32.2. The monoisotopic (exact) mass is 476 g/mol. The molecule has 1 aromatic carbocycles. The van der Waals surface area contributed by atoms with E-state index in [0.29, 0.717) is 52.2 Å². The largest absolute Gasteiger partial charge is 0.458 e. The Morgan fingerprint density at radius 3 is 2.65 bits per heavy atom. The summed E-state index contributed by atoms with van der Waals surface area (Å²) < 4.78 is 16.2. The summed E-state index contributed by atoms with van der Waals surface area (Å²) in [7, 11) is 1.62. The molecule has 7 nitrogen and oxygen atoms in total. The number of allylic oxidation sites excluding steroid dienone is 3. The highest BCUT2D eigenvalue weighted by molar-refractivity contribution is 7.98. The van der Waals surface area contributed by atoms with Crippen molar-refractivity contribution in [2.45, 2.75) is 37.0 Å². The molecule has 0 aliphatic carbocycles. The minimum atomic E-state index is -0.235. The van der Waals surface area contributed by atoms with Crippen molar-refractivity contribution in [3.8, 4) is 12.1 Å². The van der Waals surface area contributed by atoms with Crippen LogP contribution in [0.25, 0.3) is 0 Å². The molecule has 8 heteroatoms. The Morgan fingerprint density at radius 1 is 1.21 bits per heavy atom. The standard InChI is InChI=1S/C26H28N4O3S/c1-4-22-23(33-17-32-22)11-10-18(2)24-20(14-27)25(29-12-13-31-3)30-26(21(24)15-28)34-16-19-8-6-5-7-9-19/h5-11,18H,4,12-13,16-17H2,1-3H3,(H,29,30)/b11-10-. The van der Waals surface area contributed by atoms with Gasteiger partial charge in [0.15, 0.2) is 5.76 Å².